The number of halogens is 2. The van der Waals surface area contributed by atoms with Crippen LogP contribution in [0.5, 0.6) is 0 Å². The molecular formula is C12H14F2N4O. The van der Waals surface area contributed by atoms with Crippen LogP contribution in [0, 0.1) is 11.6 Å². The van der Waals surface area contributed by atoms with Gasteiger partial charge in [0.15, 0.2) is 11.6 Å². The number of amides is 1. The highest BCUT2D eigenvalue weighted by Gasteiger charge is 2.06. The van der Waals surface area contributed by atoms with E-state index in [1.54, 1.807) is 0 Å². The van der Waals surface area contributed by atoms with Gasteiger partial charge in [-0.15, -0.1) is 0 Å². The normalized spacial score (nSPS) is 9.79. The van der Waals surface area contributed by atoms with E-state index >= 15 is 0 Å². The van der Waals surface area contributed by atoms with Crippen LogP contribution >= 0.6 is 0 Å². The predicted octanol–water partition coefficient (Wildman–Crippen LogP) is 2.71. The Morgan fingerprint density at radius 3 is 2.79 bits per heavy atom. The van der Waals surface area contributed by atoms with Crippen molar-refractivity contribution >= 4 is 5.91 Å². The molecule has 1 aromatic carbocycles. The van der Waals surface area contributed by atoms with Gasteiger partial charge in [-0.3, -0.25) is 4.79 Å². The molecule has 1 N–H and O–H groups in total. The molecule has 7 heteroatoms. The van der Waals surface area contributed by atoms with Crippen LogP contribution in [0.4, 0.5) is 8.78 Å². The van der Waals surface area contributed by atoms with Gasteiger partial charge in [-0.2, -0.15) is 0 Å². The van der Waals surface area contributed by atoms with Crippen molar-refractivity contribution < 1.29 is 13.6 Å². The minimum Gasteiger partial charge on any atom is -0.356 e. The molecule has 1 aromatic rings. The number of azide groups is 1. The first kappa shape index (κ1) is 14.9. The Kier molecular flexibility index (Phi) is 6.32. The molecule has 0 saturated heterocycles. The molecular weight excluding hydrogens is 254 g/mol. The van der Waals surface area contributed by atoms with Crippen molar-refractivity contribution in [3.63, 3.8) is 0 Å². The Labute approximate surface area is 109 Å². The molecule has 19 heavy (non-hydrogen) atoms. The third-order valence-corrected chi connectivity index (χ3v) is 2.42. The van der Waals surface area contributed by atoms with Crippen LogP contribution in [0.3, 0.4) is 0 Å². The standard InChI is InChI=1S/C12H14F2N4O/c13-10-4-3-9(7-11(10)14)8-12(19)16-5-1-2-6-17-18-15/h3-4,7H,1-2,5-6,8H2,(H,16,19). The highest BCUT2D eigenvalue weighted by molar-refractivity contribution is 5.78. The van der Waals surface area contributed by atoms with Gasteiger partial charge in [0.05, 0.1) is 6.42 Å². The molecule has 0 heterocycles. The summed E-state index contributed by atoms with van der Waals surface area (Å²) in [5, 5.41) is 6.02. The van der Waals surface area contributed by atoms with E-state index < -0.39 is 11.6 Å². The molecule has 0 aliphatic rings. The lowest BCUT2D eigenvalue weighted by Crippen LogP contribution is -2.26. The Morgan fingerprint density at radius 1 is 1.32 bits per heavy atom. The SMILES string of the molecule is [N-]=[N+]=NCCCCNC(=O)Cc1ccc(F)c(F)c1. The van der Waals surface area contributed by atoms with Gasteiger partial charge in [0, 0.05) is 18.0 Å². The number of hydrogen-bond donors (Lipinski definition) is 1. The molecule has 0 fully saturated rings. The van der Waals surface area contributed by atoms with Crippen LogP contribution in [0.25, 0.3) is 10.4 Å². The van der Waals surface area contributed by atoms with Crippen molar-refractivity contribution in [2.75, 3.05) is 13.1 Å². The van der Waals surface area contributed by atoms with Gasteiger partial charge < -0.3 is 5.32 Å². The average Bonchev–Trinajstić information content (AvgIpc) is 2.38. The summed E-state index contributed by atoms with van der Waals surface area (Å²) in [7, 11) is 0. The zero-order valence-electron chi connectivity index (χ0n) is 10.3. The fourth-order valence-corrected chi connectivity index (χ4v) is 1.48. The van der Waals surface area contributed by atoms with E-state index in [1.807, 2.05) is 0 Å². The van der Waals surface area contributed by atoms with Gasteiger partial charge in [0.25, 0.3) is 0 Å². The molecule has 0 saturated carbocycles. The van der Waals surface area contributed by atoms with Crippen LogP contribution in [-0.4, -0.2) is 19.0 Å². The zero-order valence-corrected chi connectivity index (χ0v) is 10.3. The Bertz CT molecular complexity index is 487. The van der Waals surface area contributed by atoms with Crippen LogP contribution in [-0.2, 0) is 11.2 Å². The first-order chi connectivity index (χ1) is 9.13. The number of nitrogens with zero attached hydrogens (tertiary/aromatic N) is 3. The predicted molar refractivity (Wildman–Crippen MR) is 66.3 cm³/mol. The monoisotopic (exact) mass is 268 g/mol. The fraction of sp³-hybridized carbons (Fsp3) is 0.417. The molecule has 0 aromatic heterocycles. The van der Waals surface area contributed by atoms with E-state index in [-0.39, 0.29) is 12.3 Å². The van der Waals surface area contributed by atoms with Crippen molar-refractivity contribution in [2.24, 2.45) is 5.11 Å². The number of nitrogens with one attached hydrogen (secondary N) is 1. The summed E-state index contributed by atoms with van der Waals surface area (Å²) >= 11 is 0. The van der Waals surface area contributed by atoms with Gasteiger partial charge in [-0.05, 0) is 36.1 Å². The molecule has 0 spiro atoms. The maximum absolute atomic E-state index is 12.9. The third kappa shape index (κ3) is 5.83. The van der Waals surface area contributed by atoms with Gasteiger partial charge in [-0.25, -0.2) is 8.78 Å². The highest BCUT2D eigenvalue weighted by atomic mass is 19.2. The summed E-state index contributed by atoms with van der Waals surface area (Å²) in [5.41, 5.74) is 8.47. The maximum atomic E-state index is 12.9. The first-order valence-electron chi connectivity index (χ1n) is 5.85. The van der Waals surface area contributed by atoms with Gasteiger partial charge >= 0.3 is 0 Å². The topological polar surface area (TPSA) is 77.9 Å². The molecule has 0 aliphatic carbocycles. The van der Waals surface area contributed by atoms with E-state index in [4.69, 9.17) is 5.53 Å². The summed E-state index contributed by atoms with van der Waals surface area (Å²) in [6.07, 6.45) is 1.39. The lowest BCUT2D eigenvalue weighted by atomic mass is 10.1. The molecule has 0 radical (unpaired) electrons. The summed E-state index contributed by atoms with van der Waals surface area (Å²) in [6, 6.07) is 3.38. The number of unbranched alkanes of at least 4 members (excludes halogenated alkanes) is 1. The number of hydrogen-bond acceptors (Lipinski definition) is 2. The van der Waals surface area contributed by atoms with E-state index in [9.17, 15) is 13.6 Å². The quantitative estimate of drug-likeness (QED) is 0.351. The molecule has 0 unspecified atom stereocenters. The first-order valence-corrected chi connectivity index (χ1v) is 5.85. The number of carbonyl (C=O) groups is 1. The van der Waals surface area contributed by atoms with Gasteiger partial charge in [0.2, 0.25) is 5.91 Å². The molecule has 0 bridgehead atoms. The van der Waals surface area contributed by atoms with Gasteiger partial charge in [0.1, 0.15) is 0 Å². The third-order valence-electron chi connectivity index (χ3n) is 2.42. The van der Waals surface area contributed by atoms with Crippen molar-refractivity contribution in [1.82, 2.24) is 5.32 Å². The highest BCUT2D eigenvalue weighted by Crippen LogP contribution is 2.09. The second-order valence-corrected chi connectivity index (χ2v) is 3.94. The smallest absolute Gasteiger partial charge is 0.224 e. The van der Waals surface area contributed by atoms with Crippen LogP contribution < -0.4 is 5.32 Å². The molecule has 0 atom stereocenters. The van der Waals surface area contributed by atoms with Crippen LogP contribution in [0.1, 0.15) is 18.4 Å². The fourth-order valence-electron chi connectivity index (χ4n) is 1.48. The summed E-state index contributed by atoms with van der Waals surface area (Å²) in [4.78, 5) is 14.1. The minimum atomic E-state index is -0.959. The van der Waals surface area contributed by atoms with E-state index in [1.165, 1.54) is 6.07 Å². The average molecular weight is 268 g/mol. The van der Waals surface area contributed by atoms with Crippen molar-refractivity contribution in [3.05, 3.63) is 45.8 Å². The maximum Gasteiger partial charge on any atom is 0.224 e. The lowest BCUT2D eigenvalue weighted by Gasteiger charge is -2.05. The summed E-state index contributed by atoms with van der Waals surface area (Å²) in [5.74, 6) is -2.14. The molecule has 0 aliphatic heterocycles. The largest absolute Gasteiger partial charge is 0.356 e. The van der Waals surface area contributed by atoms with Crippen molar-refractivity contribution in [1.29, 1.82) is 0 Å². The Morgan fingerprint density at radius 2 is 2.11 bits per heavy atom. The molecule has 1 rings (SSSR count). The van der Waals surface area contributed by atoms with Crippen molar-refractivity contribution in [3.8, 4) is 0 Å². The zero-order chi connectivity index (χ0) is 14.1. The number of carbonyl (C=O) groups excluding carboxylic acids is 1. The number of benzene rings is 1. The molecule has 102 valence electrons. The van der Waals surface area contributed by atoms with E-state index in [0.717, 1.165) is 12.1 Å². The van der Waals surface area contributed by atoms with E-state index in [2.05, 4.69) is 15.3 Å². The minimum absolute atomic E-state index is 0.00749. The van der Waals surface area contributed by atoms with Crippen LogP contribution in [0.2, 0.25) is 0 Å². The second kappa shape index (κ2) is 8.05. The lowest BCUT2D eigenvalue weighted by molar-refractivity contribution is -0.120. The van der Waals surface area contributed by atoms with E-state index in [0.29, 0.717) is 31.5 Å². The summed E-state index contributed by atoms with van der Waals surface area (Å²) in [6.45, 7) is 0.860. The summed E-state index contributed by atoms with van der Waals surface area (Å²) < 4.78 is 25.6. The Hall–Kier alpha value is -2.14. The van der Waals surface area contributed by atoms with Crippen LogP contribution in [0.15, 0.2) is 23.3 Å². The molecule has 5 nitrogen and oxygen atoms in total. The molecule has 1 amide bonds. The van der Waals surface area contributed by atoms with Gasteiger partial charge in [-0.1, -0.05) is 11.2 Å². The number of rotatable bonds is 7. The second-order valence-electron chi connectivity index (χ2n) is 3.94. The Balaban J connectivity index is 2.27. The van der Waals surface area contributed by atoms with Crippen molar-refractivity contribution in [2.45, 2.75) is 19.3 Å².